The van der Waals surface area contributed by atoms with Crippen LogP contribution in [0.25, 0.3) is 0 Å². The molecule has 1 aromatic rings. The summed E-state index contributed by atoms with van der Waals surface area (Å²) in [4.78, 5) is 11.9. The van der Waals surface area contributed by atoms with Gasteiger partial charge in [-0.25, -0.2) is 4.79 Å². The molecule has 0 spiro atoms. The van der Waals surface area contributed by atoms with Crippen molar-refractivity contribution in [2.45, 2.75) is 44.6 Å². The highest BCUT2D eigenvalue weighted by molar-refractivity contribution is 6.31. The van der Waals surface area contributed by atoms with Crippen molar-refractivity contribution < 1.29 is 9.53 Å². The molecule has 0 radical (unpaired) electrons. The third-order valence-electron chi connectivity index (χ3n) is 3.10. The lowest BCUT2D eigenvalue weighted by atomic mass is 9.96. The highest BCUT2D eigenvalue weighted by Gasteiger charge is 2.46. The molecule has 1 saturated carbocycles. The van der Waals surface area contributed by atoms with Gasteiger partial charge in [0.1, 0.15) is 5.60 Å². The lowest BCUT2D eigenvalue weighted by Crippen LogP contribution is -2.27. The molecule has 0 heterocycles. The fourth-order valence-corrected chi connectivity index (χ4v) is 2.19. The van der Waals surface area contributed by atoms with Crippen molar-refractivity contribution in [2.24, 2.45) is 0 Å². The maximum atomic E-state index is 11.9. The van der Waals surface area contributed by atoms with E-state index in [4.69, 9.17) is 16.3 Å². The van der Waals surface area contributed by atoms with Crippen LogP contribution in [0.4, 0.5) is 10.5 Å². The molecule has 1 N–H and O–H groups in total. The summed E-state index contributed by atoms with van der Waals surface area (Å²) in [5.74, 6) is 0. The molecule has 4 nitrogen and oxygen atoms in total. The number of carbonyl (C=O) groups is 1. The van der Waals surface area contributed by atoms with Gasteiger partial charge in [-0.3, -0.25) is 5.32 Å². The molecule has 0 bridgehead atoms. The molecule has 1 aliphatic rings. The first kappa shape index (κ1) is 14.7. The Morgan fingerprint density at radius 3 is 2.60 bits per heavy atom. The van der Waals surface area contributed by atoms with Crippen LogP contribution in [0.15, 0.2) is 18.2 Å². The van der Waals surface area contributed by atoms with Crippen LogP contribution in [0.5, 0.6) is 0 Å². The van der Waals surface area contributed by atoms with Crippen molar-refractivity contribution in [1.29, 1.82) is 5.26 Å². The molecular weight excluding hydrogens is 276 g/mol. The van der Waals surface area contributed by atoms with Gasteiger partial charge in [-0.15, -0.1) is 0 Å². The Balaban J connectivity index is 2.25. The Kier molecular flexibility index (Phi) is 3.66. The molecule has 1 fully saturated rings. The van der Waals surface area contributed by atoms with Gasteiger partial charge in [-0.2, -0.15) is 5.26 Å². The van der Waals surface area contributed by atoms with Crippen molar-refractivity contribution in [3.63, 3.8) is 0 Å². The standard InChI is InChI=1S/C15H17ClN2O2/c1-14(2,3)20-13(19)18-12-8-10(16)4-5-11(12)15(9-17)6-7-15/h4-5,8H,6-7H2,1-3H3,(H,18,19). The first-order chi connectivity index (χ1) is 9.26. The average molecular weight is 293 g/mol. The topological polar surface area (TPSA) is 62.1 Å². The molecule has 106 valence electrons. The van der Waals surface area contributed by atoms with E-state index >= 15 is 0 Å². The second-order valence-corrected chi connectivity index (χ2v) is 6.45. The normalized spacial score (nSPS) is 16.1. The summed E-state index contributed by atoms with van der Waals surface area (Å²) in [5.41, 5.74) is 0.283. The number of benzene rings is 1. The Hall–Kier alpha value is -1.73. The Morgan fingerprint density at radius 1 is 1.45 bits per heavy atom. The van der Waals surface area contributed by atoms with Crippen LogP contribution in [-0.2, 0) is 10.2 Å². The molecule has 20 heavy (non-hydrogen) atoms. The largest absolute Gasteiger partial charge is 0.444 e. The first-order valence-electron chi connectivity index (χ1n) is 6.47. The smallest absolute Gasteiger partial charge is 0.412 e. The fraction of sp³-hybridized carbons (Fsp3) is 0.467. The highest BCUT2D eigenvalue weighted by atomic mass is 35.5. The van der Waals surface area contributed by atoms with Crippen LogP contribution in [0.2, 0.25) is 5.02 Å². The number of anilines is 1. The van der Waals surface area contributed by atoms with Crippen molar-refractivity contribution in [2.75, 3.05) is 5.32 Å². The predicted octanol–water partition coefficient (Wildman–Crippen LogP) is 4.24. The van der Waals surface area contributed by atoms with E-state index in [0.29, 0.717) is 10.7 Å². The number of hydrogen-bond donors (Lipinski definition) is 1. The zero-order valence-corrected chi connectivity index (χ0v) is 12.5. The lowest BCUT2D eigenvalue weighted by molar-refractivity contribution is 0.0636. The molecule has 0 atom stereocenters. The van der Waals surface area contributed by atoms with Crippen LogP contribution in [0.1, 0.15) is 39.2 Å². The minimum atomic E-state index is -0.574. The van der Waals surface area contributed by atoms with Crippen molar-refractivity contribution in [3.05, 3.63) is 28.8 Å². The van der Waals surface area contributed by atoms with Gasteiger partial charge < -0.3 is 4.74 Å². The van der Waals surface area contributed by atoms with Crippen LogP contribution >= 0.6 is 11.6 Å². The lowest BCUT2D eigenvalue weighted by Gasteiger charge is -2.21. The third kappa shape index (κ3) is 3.23. The number of halogens is 1. The van der Waals surface area contributed by atoms with Crippen molar-refractivity contribution in [1.82, 2.24) is 0 Å². The molecule has 5 heteroatoms. The summed E-state index contributed by atoms with van der Waals surface area (Å²) in [7, 11) is 0. The number of nitrogens with zero attached hydrogens (tertiary/aromatic N) is 1. The summed E-state index contributed by atoms with van der Waals surface area (Å²) in [5, 5.41) is 12.5. The van der Waals surface area contributed by atoms with E-state index < -0.39 is 17.1 Å². The van der Waals surface area contributed by atoms with Crippen LogP contribution in [-0.4, -0.2) is 11.7 Å². The maximum absolute atomic E-state index is 11.9. The van der Waals surface area contributed by atoms with Gasteiger partial charge in [0.15, 0.2) is 0 Å². The molecule has 0 aliphatic heterocycles. The highest BCUT2D eigenvalue weighted by Crippen LogP contribution is 2.50. The molecular formula is C15H17ClN2O2. The van der Waals surface area contributed by atoms with Gasteiger partial charge in [0.2, 0.25) is 0 Å². The second-order valence-electron chi connectivity index (χ2n) is 6.01. The quantitative estimate of drug-likeness (QED) is 0.886. The number of nitriles is 1. The summed E-state index contributed by atoms with van der Waals surface area (Å²) >= 11 is 5.97. The summed E-state index contributed by atoms with van der Waals surface area (Å²) in [6.07, 6.45) is 1.05. The SMILES string of the molecule is CC(C)(C)OC(=O)Nc1cc(Cl)ccc1C1(C#N)CC1. The van der Waals surface area contributed by atoms with Gasteiger partial charge in [-0.1, -0.05) is 17.7 Å². The number of amides is 1. The minimum Gasteiger partial charge on any atom is -0.444 e. The van der Waals surface area contributed by atoms with Gasteiger partial charge in [0.25, 0.3) is 0 Å². The van der Waals surface area contributed by atoms with Crippen LogP contribution < -0.4 is 5.32 Å². The average Bonchev–Trinajstić information content (AvgIpc) is 3.07. The Morgan fingerprint density at radius 2 is 2.10 bits per heavy atom. The zero-order chi connectivity index (χ0) is 15.0. The van der Waals surface area contributed by atoms with Crippen molar-refractivity contribution >= 4 is 23.4 Å². The predicted molar refractivity (Wildman–Crippen MR) is 77.8 cm³/mol. The van der Waals surface area contributed by atoms with Crippen LogP contribution in [0, 0.1) is 11.3 Å². The van der Waals surface area contributed by atoms with E-state index in [1.165, 1.54) is 0 Å². The van der Waals surface area contributed by atoms with E-state index in [-0.39, 0.29) is 0 Å². The Bertz CT molecular complexity index is 581. The number of ether oxygens (including phenoxy) is 1. The van der Waals surface area contributed by atoms with Gasteiger partial charge in [-0.05, 0) is 51.3 Å². The second kappa shape index (κ2) is 4.99. The minimum absolute atomic E-state index is 0.491. The molecule has 0 saturated heterocycles. The zero-order valence-electron chi connectivity index (χ0n) is 11.8. The number of carbonyl (C=O) groups excluding carboxylic acids is 1. The number of hydrogen-bond acceptors (Lipinski definition) is 3. The first-order valence-corrected chi connectivity index (χ1v) is 6.85. The summed E-state index contributed by atoms with van der Waals surface area (Å²) < 4.78 is 5.23. The van der Waals surface area contributed by atoms with E-state index in [0.717, 1.165) is 18.4 Å². The monoisotopic (exact) mass is 292 g/mol. The van der Waals surface area contributed by atoms with Crippen LogP contribution in [0.3, 0.4) is 0 Å². The molecule has 0 aromatic heterocycles. The van der Waals surface area contributed by atoms with Gasteiger partial charge >= 0.3 is 6.09 Å². The van der Waals surface area contributed by atoms with E-state index in [2.05, 4.69) is 11.4 Å². The van der Waals surface area contributed by atoms with E-state index in [9.17, 15) is 10.1 Å². The molecule has 2 rings (SSSR count). The number of nitrogens with one attached hydrogen (secondary N) is 1. The molecule has 1 amide bonds. The molecule has 1 aromatic carbocycles. The third-order valence-corrected chi connectivity index (χ3v) is 3.33. The Labute approximate surface area is 123 Å². The summed E-state index contributed by atoms with van der Waals surface area (Å²) in [6, 6.07) is 7.49. The summed E-state index contributed by atoms with van der Waals surface area (Å²) in [6.45, 7) is 5.38. The van der Waals surface area contributed by atoms with E-state index in [1.807, 2.05) is 0 Å². The fourth-order valence-electron chi connectivity index (χ4n) is 2.02. The van der Waals surface area contributed by atoms with Gasteiger partial charge in [0, 0.05) is 5.02 Å². The van der Waals surface area contributed by atoms with E-state index in [1.54, 1.807) is 39.0 Å². The molecule has 0 unspecified atom stereocenters. The molecule has 1 aliphatic carbocycles. The maximum Gasteiger partial charge on any atom is 0.412 e. The van der Waals surface area contributed by atoms with Crippen molar-refractivity contribution in [3.8, 4) is 6.07 Å². The van der Waals surface area contributed by atoms with Gasteiger partial charge in [0.05, 0.1) is 17.2 Å². The number of rotatable bonds is 2.